The molecule has 2 rings (SSSR count). The van der Waals surface area contributed by atoms with Crippen LogP contribution >= 0.6 is 0 Å². The number of aromatic nitrogens is 2. The molecule has 2 aromatic rings. The van der Waals surface area contributed by atoms with Crippen molar-refractivity contribution in [2.45, 2.75) is 78.1 Å². The molecule has 0 saturated carbocycles. The van der Waals surface area contributed by atoms with Gasteiger partial charge in [0.1, 0.15) is 5.75 Å². The Morgan fingerprint density at radius 3 is 2.04 bits per heavy atom. The Morgan fingerprint density at radius 1 is 0.731 bits per heavy atom. The van der Waals surface area contributed by atoms with Gasteiger partial charge in [-0.1, -0.05) is 58.8 Å². The van der Waals surface area contributed by atoms with Gasteiger partial charge in [0.25, 0.3) is 0 Å². The van der Waals surface area contributed by atoms with Crippen LogP contribution in [0.3, 0.4) is 0 Å². The quantitative estimate of drug-likeness (QED) is 0.379. The summed E-state index contributed by atoms with van der Waals surface area (Å²) in [7, 11) is 0. The van der Waals surface area contributed by atoms with E-state index >= 15 is 0 Å². The molecular weight excluding hydrogens is 320 g/mol. The minimum Gasteiger partial charge on any atom is -0.494 e. The van der Waals surface area contributed by atoms with Crippen molar-refractivity contribution in [1.29, 1.82) is 0 Å². The van der Waals surface area contributed by atoms with Crippen molar-refractivity contribution in [1.82, 2.24) is 9.97 Å². The maximum Gasteiger partial charge on any atom is 0.159 e. The molecule has 1 heterocycles. The van der Waals surface area contributed by atoms with Gasteiger partial charge in [-0.25, -0.2) is 9.97 Å². The second kappa shape index (κ2) is 12.5. The van der Waals surface area contributed by atoms with E-state index in [9.17, 15) is 0 Å². The molecule has 142 valence electrons. The van der Waals surface area contributed by atoms with Crippen LogP contribution in [-0.2, 0) is 6.42 Å². The molecule has 0 amide bonds. The Kier molecular flexibility index (Phi) is 9.78. The summed E-state index contributed by atoms with van der Waals surface area (Å²) in [5, 5.41) is 0. The summed E-state index contributed by atoms with van der Waals surface area (Å²) >= 11 is 0. The molecule has 0 aliphatic rings. The summed E-state index contributed by atoms with van der Waals surface area (Å²) in [6, 6.07) is 8.10. The van der Waals surface area contributed by atoms with Crippen LogP contribution in [0.15, 0.2) is 36.7 Å². The molecule has 0 unspecified atom stereocenters. The lowest BCUT2D eigenvalue weighted by Crippen LogP contribution is -1.97. The first-order chi connectivity index (χ1) is 12.8. The zero-order valence-electron chi connectivity index (χ0n) is 16.5. The van der Waals surface area contributed by atoms with Gasteiger partial charge in [0.15, 0.2) is 5.82 Å². The van der Waals surface area contributed by atoms with Crippen LogP contribution in [0, 0.1) is 0 Å². The molecule has 0 atom stereocenters. The second-order valence-electron chi connectivity index (χ2n) is 7.01. The third-order valence-electron chi connectivity index (χ3n) is 4.65. The van der Waals surface area contributed by atoms with Gasteiger partial charge in [-0.2, -0.15) is 0 Å². The lowest BCUT2D eigenvalue weighted by molar-refractivity contribution is 0.306. The Balaban J connectivity index is 1.76. The van der Waals surface area contributed by atoms with Crippen LogP contribution in [0.25, 0.3) is 11.4 Å². The van der Waals surface area contributed by atoms with Crippen LogP contribution in [0.2, 0.25) is 0 Å². The molecule has 0 aliphatic carbocycles. The number of unbranched alkanes of at least 4 members (excludes halogenated alkanes) is 7. The topological polar surface area (TPSA) is 35.0 Å². The van der Waals surface area contributed by atoms with Crippen molar-refractivity contribution < 1.29 is 4.74 Å². The van der Waals surface area contributed by atoms with Gasteiger partial charge >= 0.3 is 0 Å². The van der Waals surface area contributed by atoms with Crippen LogP contribution in [0.5, 0.6) is 5.75 Å². The molecule has 0 N–H and O–H groups in total. The lowest BCUT2D eigenvalue weighted by Gasteiger charge is -2.07. The minimum atomic E-state index is 0.786. The smallest absolute Gasteiger partial charge is 0.159 e. The number of benzene rings is 1. The monoisotopic (exact) mass is 354 g/mol. The number of rotatable bonds is 13. The zero-order chi connectivity index (χ0) is 18.5. The summed E-state index contributed by atoms with van der Waals surface area (Å²) in [4.78, 5) is 9.08. The van der Waals surface area contributed by atoms with Gasteiger partial charge in [-0.3, -0.25) is 0 Å². The third-order valence-corrected chi connectivity index (χ3v) is 4.65. The van der Waals surface area contributed by atoms with E-state index in [0.717, 1.165) is 36.6 Å². The van der Waals surface area contributed by atoms with E-state index in [0.29, 0.717) is 0 Å². The predicted molar refractivity (Wildman–Crippen MR) is 110 cm³/mol. The Labute approximate surface area is 159 Å². The van der Waals surface area contributed by atoms with Crippen molar-refractivity contribution in [2.75, 3.05) is 6.61 Å². The Bertz CT molecular complexity index is 593. The summed E-state index contributed by atoms with van der Waals surface area (Å²) in [5.74, 6) is 1.71. The molecule has 0 aliphatic heterocycles. The van der Waals surface area contributed by atoms with Gasteiger partial charge in [0.2, 0.25) is 0 Å². The van der Waals surface area contributed by atoms with Crippen molar-refractivity contribution in [3.8, 4) is 17.1 Å². The van der Waals surface area contributed by atoms with Crippen molar-refractivity contribution in [3.05, 3.63) is 42.2 Å². The molecular formula is C23H34N2O. The molecule has 0 spiro atoms. The van der Waals surface area contributed by atoms with Gasteiger partial charge in [0, 0.05) is 18.0 Å². The van der Waals surface area contributed by atoms with E-state index in [1.165, 1.54) is 56.9 Å². The van der Waals surface area contributed by atoms with Crippen molar-refractivity contribution >= 4 is 0 Å². The van der Waals surface area contributed by atoms with Crippen molar-refractivity contribution in [3.63, 3.8) is 0 Å². The molecule has 1 aromatic heterocycles. The molecule has 0 saturated heterocycles. The van der Waals surface area contributed by atoms with E-state index < -0.39 is 0 Å². The molecule has 0 bridgehead atoms. The van der Waals surface area contributed by atoms with Gasteiger partial charge in [0.05, 0.1) is 6.61 Å². The summed E-state index contributed by atoms with van der Waals surface area (Å²) < 4.78 is 5.76. The van der Waals surface area contributed by atoms with Gasteiger partial charge in [-0.15, -0.1) is 0 Å². The highest BCUT2D eigenvalue weighted by atomic mass is 16.5. The first-order valence-electron chi connectivity index (χ1n) is 10.4. The largest absolute Gasteiger partial charge is 0.494 e. The average Bonchev–Trinajstić information content (AvgIpc) is 2.69. The maximum atomic E-state index is 5.76. The van der Waals surface area contributed by atoms with E-state index in [1.807, 2.05) is 36.7 Å². The summed E-state index contributed by atoms with van der Waals surface area (Å²) in [6.07, 6.45) is 16.5. The standard InChI is InChI=1S/C23H34N2O/c1-3-5-7-8-9-10-12-20-18-24-23(25-19-20)21-13-15-22(16-14-21)26-17-11-6-4-2/h13-16,18-19H,3-12,17H2,1-2H3. The fraction of sp³-hybridized carbons (Fsp3) is 0.565. The van der Waals surface area contributed by atoms with E-state index in [1.54, 1.807) is 0 Å². The van der Waals surface area contributed by atoms with E-state index in [-0.39, 0.29) is 0 Å². The number of nitrogens with zero attached hydrogens (tertiary/aromatic N) is 2. The van der Waals surface area contributed by atoms with E-state index in [4.69, 9.17) is 4.74 Å². The van der Waals surface area contributed by atoms with Crippen LogP contribution < -0.4 is 4.74 Å². The fourth-order valence-electron chi connectivity index (χ4n) is 2.98. The van der Waals surface area contributed by atoms with Gasteiger partial charge in [-0.05, 0) is 49.1 Å². The van der Waals surface area contributed by atoms with Crippen LogP contribution in [0.1, 0.15) is 77.2 Å². The lowest BCUT2D eigenvalue weighted by atomic mass is 10.1. The zero-order valence-corrected chi connectivity index (χ0v) is 16.5. The number of aryl methyl sites for hydroxylation is 1. The third kappa shape index (κ3) is 7.55. The first-order valence-corrected chi connectivity index (χ1v) is 10.4. The highest BCUT2D eigenvalue weighted by Crippen LogP contribution is 2.20. The maximum absolute atomic E-state index is 5.76. The average molecular weight is 355 g/mol. The number of hydrogen-bond donors (Lipinski definition) is 0. The van der Waals surface area contributed by atoms with Crippen LogP contribution in [-0.4, -0.2) is 16.6 Å². The Morgan fingerprint density at radius 2 is 1.35 bits per heavy atom. The molecule has 26 heavy (non-hydrogen) atoms. The fourth-order valence-corrected chi connectivity index (χ4v) is 2.98. The SMILES string of the molecule is CCCCCCCCc1cnc(-c2ccc(OCCCCC)cc2)nc1. The minimum absolute atomic E-state index is 0.786. The second-order valence-corrected chi connectivity index (χ2v) is 7.01. The molecule has 3 nitrogen and oxygen atoms in total. The molecule has 0 radical (unpaired) electrons. The number of hydrogen-bond acceptors (Lipinski definition) is 3. The summed E-state index contributed by atoms with van der Waals surface area (Å²) in [5.41, 5.74) is 2.28. The number of ether oxygens (including phenoxy) is 1. The normalized spacial score (nSPS) is 10.8. The summed E-state index contributed by atoms with van der Waals surface area (Å²) in [6.45, 7) is 5.25. The van der Waals surface area contributed by atoms with Crippen LogP contribution in [0.4, 0.5) is 0 Å². The van der Waals surface area contributed by atoms with Crippen molar-refractivity contribution in [2.24, 2.45) is 0 Å². The molecule has 0 fully saturated rings. The molecule has 3 heteroatoms. The van der Waals surface area contributed by atoms with E-state index in [2.05, 4.69) is 23.8 Å². The molecule has 1 aromatic carbocycles. The Hall–Kier alpha value is -1.90. The first kappa shape index (κ1) is 20.4. The predicted octanol–water partition coefficient (Wildman–Crippen LogP) is 6.62. The highest BCUT2D eigenvalue weighted by Gasteiger charge is 2.03. The van der Waals surface area contributed by atoms with Gasteiger partial charge < -0.3 is 4.74 Å². The highest BCUT2D eigenvalue weighted by molar-refractivity contribution is 5.55.